The van der Waals surface area contributed by atoms with Crippen molar-refractivity contribution >= 4 is 35.6 Å². The van der Waals surface area contributed by atoms with Crippen LogP contribution in [0.5, 0.6) is 0 Å². The molecule has 1 aliphatic rings. The molecule has 0 radical (unpaired) electrons. The largest absolute Gasteiger partial charge is 0.463 e. The Morgan fingerprint density at radius 3 is 1.90 bits per heavy atom. The normalized spacial score (nSPS) is 25.2. The summed E-state index contributed by atoms with van der Waals surface area (Å²) in [6.45, 7) is 4.59. The zero-order chi connectivity index (χ0) is 23.0. The summed E-state index contributed by atoms with van der Waals surface area (Å²) in [6.07, 6.45) is -4.27. The predicted molar refractivity (Wildman–Crippen MR) is 110 cm³/mol. The monoisotopic (exact) mass is 454 g/mol. The third-order valence-electron chi connectivity index (χ3n) is 4.21. The van der Waals surface area contributed by atoms with Gasteiger partial charge in [-0.05, 0) is 5.56 Å². The lowest BCUT2D eigenvalue weighted by Crippen LogP contribution is -2.61. The van der Waals surface area contributed by atoms with E-state index in [9.17, 15) is 19.2 Å². The fourth-order valence-corrected chi connectivity index (χ4v) is 4.25. The van der Waals surface area contributed by atoms with Gasteiger partial charge in [0.25, 0.3) is 0 Å². The first-order valence-electron chi connectivity index (χ1n) is 9.63. The number of hydrogen-bond donors (Lipinski definition) is 0. The van der Waals surface area contributed by atoms with Crippen molar-refractivity contribution in [3.05, 3.63) is 35.9 Å². The highest BCUT2D eigenvalue weighted by molar-refractivity contribution is 7.99. The Morgan fingerprint density at radius 1 is 0.806 bits per heavy atom. The molecule has 5 atom stereocenters. The molecular weight excluding hydrogens is 428 g/mol. The third kappa shape index (κ3) is 7.87. The standard InChI is InChI=1S/C21H26O9S/c1-12(22)26-10-17-18(27-13(2)23)19(28-14(3)24)20(29-15(4)25)21(30-17)31-11-16-8-6-5-7-9-16/h5-9,17-21H,10-11H2,1-4H3/t17-,18-,19+,20+,21-/m1/s1. The summed E-state index contributed by atoms with van der Waals surface area (Å²) in [4.78, 5) is 46.6. The maximum Gasteiger partial charge on any atom is 0.303 e. The Kier molecular flexibility index (Phi) is 9.32. The minimum atomic E-state index is -1.15. The summed E-state index contributed by atoms with van der Waals surface area (Å²) in [6, 6.07) is 9.53. The van der Waals surface area contributed by atoms with Gasteiger partial charge in [0.05, 0.1) is 0 Å². The number of benzene rings is 1. The molecule has 0 N–H and O–H groups in total. The van der Waals surface area contributed by atoms with Crippen molar-refractivity contribution in [3.63, 3.8) is 0 Å². The highest BCUT2D eigenvalue weighted by Crippen LogP contribution is 2.35. The third-order valence-corrected chi connectivity index (χ3v) is 5.41. The highest BCUT2D eigenvalue weighted by atomic mass is 32.2. The van der Waals surface area contributed by atoms with Crippen LogP contribution in [0.3, 0.4) is 0 Å². The van der Waals surface area contributed by atoms with Gasteiger partial charge in [0.1, 0.15) is 18.1 Å². The molecule has 10 heteroatoms. The first kappa shape index (κ1) is 24.7. The zero-order valence-corrected chi connectivity index (χ0v) is 18.6. The Bertz CT molecular complexity index is 782. The summed E-state index contributed by atoms with van der Waals surface area (Å²) in [7, 11) is 0. The van der Waals surface area contributed by atoms with E-state index in [1.807, 2.05) is 30.3 Å². The smallest absolute Gasteiger partial charge is 0.303 e. The van der Waals surface area contributed by atoms with Crippen LogP contribution in [-0.4, -0.2) is 60.3 Å². The van der Waals surface area contributed by atoms with Crippen molar-refractivity contribution in [2.75, 3.05) is 6.61 Å². The molecule has 1 heterocycles. The number of carbonyl (C=O) groups is 4. The van der Waals surface area contributed by atoms with Crippen molar-refractivity contribution in [3.8, 4) is 0 Å². The molecule has 0 saturated carbocycles. The minimum Gasteiger partial charge on any atom is -0.463 e. The fourth-order valence-electron chi connectivity index (χ4n) is 3.08. The zero-order valence-electron chi connectivity index (χ0n) is 17.8. The van der Waals surface area contributed by atoms with Crippen LogP contribution in [0.25, 0.3) is 0 Å². The second-order valence-corrected chi connectivity index (χ2v) is 7.95. The molecule has 0 spiro atoms. The summed E-state index contributed by atoms with van der Waals surface area (Å²) >= 11 is 1.32. The molecule has 31 heavy (non-hydrogen) atoms. The van der Waals surface area contributed by atoms with Crippen LogP contribution in [0.4, 0.5) is 0 Å². The number of thioether (sulfide) groups is 1. The van der Waals surface area contributed by atoms with E-state index in [0.29, 0.717) is 5.75 Å². The molecule has 1 saturated heterocycles. The molecular formula is C21H26O9S. The molecule has 1 fully saturated rings. The maximum atomic E-state index is 11.8. The Morgan fingerprint density at radius 2 is 1.35 bits per heavy atom. The Balaban J connectivity index is 2.35. The molecule has 1 aromatic rings. The van der Waals surface area contributed by atoms with Crippen molar-refractivity contribution in [2.24, 2.45) is 0 Å². The van der Waals surface area contributed by atoms with Gasteiger partial charge in [-0.1, -0.05) is 30.3 Å². The van der Waals surface area contributed by atoms with E-state index in [-0.39, 0.29) is 6.61 Å². The van der Waals surface area contributed by atoms with Crippen molar-refractivity contribution in [1.82, 2.24) is 0 Å². The van der Waals surface area contributed by atoms with E-state index < -0.39 is 53.7 Å². The van der Waals surface area contributed by atoms with E-state index in [1.165, 1.54) is 39.5 Å². The molecule has 1 aliphatic heterocycles. The number of carbonyl (C=O) groups excluding carboxylic acids is 4. The van der Waals surface area contributed by atoms with Crippen molar-refractivity contribution in [1.29, 1.82) is 0 Å². The molecule has 0 aliphatic carbocycles. The van der Waals surface area contributed by atoms with Gasteiger partial charge >= 0.3 is 23.9 Å². The Hall–Kier alpha value is -2.59. The van der Waals surface area contributed by atoms with Crippen LogP contribution >= 0.6 is 11.8 Å². The number of rotatable bonds is 8. The van der Waals surface area contributed by atoms with Crippen LogP contribution in [-0.2, 0) is 48.6 Å². The minimum absolute atomic E-state index is 0.236. The number of ether oxygens (including phenoxy) is 5. The number of hydrogen-bond acceptors (Lipinski definition) is 10. The molecule has 0 amide bonds. The molecule has 0 unspecified atom stereocenters. The van der Waals surface area contributed by atoms with Gasteiger partial charge in [0, 0.05) is 33.4 Å². The number of esters is 4. The summed E-state index contributed by atoms with van der Waals surface area (Å²) in [5, 5.41) is 0. The summed E-state index contributed by atoms with van der Waals surface area (Å²) < 4.78 is 27.3. The van der Waals surface area contributed by atoms with E-state index >= 15 is 0 Å². The first-order valence-corrected chi connectivity index (χ1v) is 10.7. The van der Waals surface area contributed by atoms with Gasteiger partial charge in [-0.3, -0.25) is 19.2 Å². The maximum absolute atomic E-state index is 11.8. The quantitative estimate of drug-likeness (QED) is 0.427. The van der Waals surface area contributed by atoms with Crippen LogP contribution < -0.4 is 0 Å². The average Bonchev–Trinajstić information content (AvgIpc) is 2.68. The van der Waals surface area contributed by atoms with E-state index in [1.54, 1.807) is 0 Å². The molecule has 9 nitrogen and oxygen atoms in total. The van der Waals surface area contributed by atoms with Gasteiger partial charge in [-0.2, -0.15) is 0 Å². The predicted octanol–water partition coefficient (Wildman–Crippen LogP) is 2.00. The first-order chi connectivity index (χ1) is 14.7. The molecule has 1 aromatic carbocycles. The van der Waals surface area contributed by atoms with E-state index in [4.69, 9.17) is 23.7 Å². The van der Waals surface area contributed by atoms with Gasteiger partial charge in [-0.15, -0.1) is 11.8 Å². The van der Waals surface area contributed by atoms with Crippen LogP contribution in [0.15, 0.2) is 30.3 Å². The van der Waals surface area contributed by atoms with Crippen molar-refractivity contribution in [2.45, 2.75) is 63.3 Å². The van der Waals surface area contributed by atoms with Gasteiger partial charge in [-0.25, -0.2) is 0 Å². The lowest BCUT2D eigenvalue weighted by Gasteiger charge is -2.44. The van der Waals surface area contributed by atoms with Crippen LogP contribution in [0.2, 0.25) is 0 Å². The molecule has 170 valence electrons. The topological polar surface area (TPSA) is 114 Å². The Labute approximate surface area is 184 Å². The van der Waals surface area contributed by atoms with Crippen LogP contribution in [0, 0.1) is 0 Å². The van der Waals surface area contributed by atoms with Crippen LogP contribution in [0.1, 0.15) is 33.3 Å². The lowest BCUT2D eigenvalue weighted by atomic mass is 9.99. The SMILES string of the molecule is CC(=O)OC[C@H]1O[C@H](SCc2ccccc2)[C@@H](OC(C)=O)[C@@H](OC(C)=O)[C@@H]1OC(C)=O. The summed E-state index contributed by atoms with van der Waals surface area (Å²) in [5.74, 6) is -1.97. The van der Waals surface area contributed by atoms with Gasteiger partial charge < -0.3 is 23.7 Å². The van der Waals surface area contributed by atoms with Gasteiger partial charge in [0.2, 0.25) is 0 Å². The molecule has 0 aromatic heterocycles. The molecule has 0 bridgehead atoms. The second kappa shape index (κ2) is 11.7. The van der Waals surface area contributed by atoms with E-state index in [0.717, 1.165) is 5.56 Å². The summed E-state index contributed by atoms with van der Waals surface area (Å²) in [5.41, 5.74) is 0.223. The van der Waals surface area contributed by atoms with Crippen molar-refractivity contribution < 1.29 is 42.9 Å². The average molecular weight is 454 g/mol. The van der Waals surface area contributed by atoms with Gasteiger partial charge in [0.15, 0.2) is 18.3 Å². The van der Waals surface area contributed by atoms with E-state index in [2.05, 4.69) is 0 Å². The highest BCUT2D eigenvalue weighted by Gasteiger charge is 2.52. The second-order valence-electron chi connectivity index (χ2n) is 6.86. The molecule has 2 rings (SSSR count). The fraction of sp³-hybridized carbons (Fsp3) is 0.524. The lowest BCUT2D eigenvalue weighted by molar-refractivity contribution is -0.237.